The molecule has 0 rings (SSSR count). The van der Waals surface area contributed by atoms with Crippen LogP contribution in [0.15, 0.2) is 0 Å². The predicted molar refractivity (Wildman–Crippen MR) is 82.3 cm³/mol. The molecule has 1 N–H and O–H groups in total. The molecule has 0 saturated heterocycles. The van der Waals surface area contributed by atoms with E-state index in [1.54, 1.807) is 0 Å². The zero-order valence-corrected chi connectivity index (χ0v) is 15.0. The van der Waals surface area contributed by atoms with Crippen LogP contribution in [0.3, 0.4) is 0 Å². The number of methoxy groups -OCH3 is 1. The number of carbonyl (C=O) groups excluding carboxylic acids is 2. The minimum Gasteiger partial charge on any atom is -0.453 e. The summed E-state index contributed by atoms with van der Waals surface area (Å²) >= 11 is 0. The van der Waals surface area contributed by atoms with Crippen molar-refractivity contribution in [1.29, 1.82) is 0 Å². The maximum atomic E-state index is 11.6. The molecular weight excluding hydrogens is 274 g/mol. The second kappa shape index (κ2) is 7.22. The fourth-order valence-electron chi connectivity index (χ4n) is 1.48. The van der Waals surface area contributed by atoms with Gasteiger partial charge in [-0.15, -0.1) is 0 Å². The zero-order chi connectivity index (χ0) is 16.1. The van der Waals surface area contributed by atoms with Crippen molar-refractivity contribution in [3.05, 3.63) is 0 Å². The molecule has 0 heterocycles. The Bertz CT molecular complexity index is 350. The second-order valence-electron chi connectivity index (χ2n) is 6.77. The van der Waals surface area contributed by atoms with Gasteiger partial charge >= 0.3 is 6.09 Å². The summed E-state index contributed by atoms with van der Waals surface area (Å²) in [5.74, 6) is -0.192. The molecule has 0 spiro atoms. The van der Waals surface area contributed by atoms with Crippen molar-refractivity contribution in [3.8, 4) is 0 Å². The van der Waals surface area contributed by atoms with Crippen molar-refractivity contribution < 1.29 is 18.8 Å². The third-order valence-corrected chi connectivity index (χ3v) is 8.48. The largest absolute Gasteiger partial charge is 0.453 e. The van der Waals surface area contributed by atoms with Crippen LogP contribution in [0.25, 0.3) is 0 Å². The topological polar surface area (TPSA) is 64.6 Å². The highest BCUT2D eigenvalue weighted by Gasteiger charge is 2.38. The van der Waals surface area contributed by atoms with Crippen LogP contribution in [-0.4, -0.2) is 40.0 Å². The molecule has 0 aromatic carbocycles. The minimum absolute atomic E-state index is 0.0956. The molecule has 0 aliphatic rings. The third kappa shape index (κ3) is 5.62. The van der Waals surface area contributed by atoms with Gasteiger partial charge in [0, 0.05) is 12.5 Å². The predicted octanol–water partition coefficient (Wildman–Crippen LogP) is 2.96. The van der Waals surface area contributed by atoms with Crippen molar-refractivity contribution in [2.75, 3.05) is 13.7 Å². The van der Waals surface area contributed by atoms with Crippen LogP contribution in [0.2, 0.25) is 18.1 Å². The summed E-state index contributed by atoms with van der Waals surface area (Å²) in [5, 5.41) is 2.68. The summed E-state index contributed by atoms with van der Waals surface area (Å²) in [4.78, 5) is 22.9. The van der Waals surface area contributed by atoms with Gasteiger partial charge in [-0.1, -0.05) is 27.7 Å². The first kappa shape index (κ1) is 19.1. The number of nitrogens with one attached hydrogen (secondary N) is 1. The summed E-state index contributed by atoms with van der Waals surface area (Å²) in [6.07, 6.45) is -0.593. The number of hydrogen-bond donors (Lipinski definition) is 1. The molecule has 0 fully saturated rings. The number of carbonyl (C=O) groups is 2. The van der Waals surface area contributed by atoms with Crippen molar-refractivity contribution in [3.63, 3.8) is 0 Å². The third-order valence-electron chi connectivity index (χ3n) is 3.98. The van der Waals surface area contributed by atoms with Crippen LogP contribution < -0.4 is 5.32 Å². The molecule has 1 amide bonds. The first-order valence-corrected chi connectivity index (χ1v) is 9.82. The lowest BCUT2D eigenvalue weighted by Crippen LogP contribution is -2.48. The smallest absolute Gasteiger partial charge is 0.407 e. The van der Waals surface area contributed by atoms with Crippen LogP contribution in [0.1, 0.15) is 34.6 Å². The summed E-state index contributed by atoms with van der Waals surface area (Å²) in [5.41, 5.74) is 0. The van der Waals surface area contributed by atoms with Gasteiger partial charge in [0.15, 0.2) is 14.1 Å². The highest BCUT2D eigenvalue weighted by atomic mass is 28.4. The molecule has 6 heteroatoms. The Hall–Kier alpha value is -0.883. The number of ether oxygens (including phenoxy) is 1. The Morgan fingerprint density at radius 1 is 1.25 bits per heavy atom. The quantitative estimate of drug-likeness (QED) is 0.766. The minimum atomic E-state index is -1.85. The number of hydrogen-bond acceptors (Lipinski definition) is 4. The first-order valence-electron chi connectivity index (χ1n) is 6.91. The first-order chi connectivity index (χ1) is 8.92. The molecule has 20 heavy (non-hydrogen) atoms. The molecular formula is C14H29NO4Si. The average molecular weight is 303 g/mol. The van der Waals surface area contributed by atoms with Crippen molar-refractivity contribution in [1.82, 2.24) is 5.32 Å². The van der Waals surface area contributed by atoms with E-state index in [1.807, 2.05) is 6.92 Å². The van der Waals surface area contributed by atoms with E-state index in [0.29, 0.717) is 6.61 Å². The molecule has 0 aliphatic carbocycles. The molecule has 0 aromatic heterocycles. The summed E-state index contributed by atoms with van der Waals surface area (Å²) in [7, 11) is -0.571. The van der Waals surface area contributed by atoms with E-state index in [9.17, 15) is 9.59 Å². The number of ketones is 1. The van der Waals surface area contributed by atoms with Crippen LogP contribution in [-0.2, 0) is 14.0 Å². The monoisotopic (exact) mass is 303 g/mol. The van der Waals surface area contributed by atoms with Crippen LogP contribution in [0.4, 0.5) is 4.79 Å². The molecule has 0 saturated carbocycles. The van der Waals surface area contributed by atoms with E-state index in [-0.39, 0.29) is 16.7 Å². The Morgan fingerprint density at radius 3 is 2.10 bits per heavy atom. The van der Waals surface area contributed by atoms with Crippen molar-refractivity contribution in [2.45, 2.75) is 58.8 Å². The number of amides is 1. The SMILES string of the molecule is COC(=O)N[C@H](C(C)=O)[C@@H](C)CO[Si](C)(C)C(C)(C)C. The summed E-state index contributed by atoms with van der Waals surface area (Å²) in [6, 6.07) is -0.577. The molecule has 0 radical (unpaired) electrons. The molecule has 118 valence electrons. The lowest BCUT2D eigenvalue weighted by molar-refractivity contribution is -0.120. The molecule has 0 aromatic rings. The number of rotatable bonds is 6. The fourth-order valence-corrected chi connectivity index (χ4v) is 2.60. The van der Waals surface area contributed by atoms with Gasteiger partial charge < -0.3 is 14.5 Å². The molecule has 5 nitrogen and oxygen atoms in total. The maximum absolute atomic E-state index is 11.6. The molecule has 2 atom stereocenters. The molecule has 0 bridgehead atoms. The maximum Gasteiger partial charge on any atom is 0.407 e. The van der Waals surface area contributed by atoms with E-state index in [1.165, 1.54) is 14.0 Å². The number of alkyl carbamates (subject to hydrolysis) is 1. The van der Waals surface area contributed by atoms with E-state index in [0.717, 1.165) is 0 Å². The molecule has 0 aliphatic heterocycles. The Kier molecular flexibility index (Phi) is 6.90. The number of Topliss-reactive ketones (excluding diaryl/α,β-unsaturated/α-hetero) is 1. The van der Waals surface area contributed by atoms with Gasteiger partial charge in [0.05, 0.1) is 13.2 Å². The van der Waals surface area contributed by atoms with Gasteiger partial charge in [0.1, 0.15) is 0 Å². The highest BCUT2D eigenvalue weighted by molar-refractivity contribution is 6.74. The molecule has 0 unspecified atom stereocenters. The zero-order valence-electron chi connectivity index (χ0n) is 14.0. The lowest BCUT2D eigenvalue weighted by Gasteiger charge is -2.37. The second-order valence-corrected chi connectivity index (χ2v) is 11.6. The summed E-state index contributed by atoms with van der Waals surface area (Å²) in [6.45, 7) is 14.6. The van der Waals surface area contributed by atoms with Gasteiger partial charge in [0.25, 0.3) is 0 Å². The van der Waals surface area contributed by atoms with Gasteiger partial charge in [-0.25, -0.2) is 4.79 Å². The fraction of sp³-hybridized carbons (Fsp3) is 0.857. The Labute approximate surface area is 123 Å². The van der Waals surface area contributed by atoms with Gasteiger partial charge in [0.2, 0.25) is 0 Å². The van der Waals surface area contributed by atoms with Gasteiger partial charge in [-0.05, 0) is 25.1 Å². The van der Waals surface area contributed by atoms with E-state index >= 15 is 0 Å². The van der Waals surface area contributed by atoms with Crippen LogP contribution in [0.5, 0.6) is 0 Å². The normalized spacial score (nSPS) is 15.4. The van der Waals surface area contributed by atoms with Crippen molar-refractivity contribution >= 4 is 20.2 Å². The van der Waals surface area contributed by atoms with Crippen molar-refractivity contribution in [2.24, 2.45) is 5.92 Å². The van der Waals surface area contributed by atoms with Gasteiger partial charge in [-0.2, -0.15) is 0 Å². The summed E-state index contributed by atoms with van der Waals surface area (Å²) < 4.78 is 10.6. The average Bonchev–Trinajstić information content (AvgIpc) is 2.30. The van der Waals surface area contributed by atoms with E-state index < -0.39 is 20.5 Å². The standard InChI is InChI=1S/C14H29NO4Si/c1-10(9-19-20(7,8)14(3,4)5)12(11(2)16)15-13(17)18-6/h10,12H,9H2,1-8H3,(H,15,17)/t10-,12-/m0/s1. The Morgan fingerprint density at radius 2 is 1.75 bits per heavy atom. The van der Waals surface area contributed by atoms with Crippen LogP contribution in [0, 0.1) is 5.92 Å². The van der Waals surface area contributed by atoms with Crippen LogP contribution >= 0.6 is 0 Å². The lowest BCUT2D eigenvalue weighted by atomic mass is 10.00. The highest BCUT2D eigenvalue weighted by Crippen LogP contribution is 2.36. The Balaban J connectivity index is 4.67. The van der Waals surface area contributed by atoms with Gasteiger partial charge in [-0.3, -0.25) is 4.79 Å². The van der Waals surface area contributed by atoms with E-state index in [4.69, 9.17) is 4.43 Å². The van der Waals surface area contributed by atoms with E-state index in [2.05, 4.69) is 43.9 Å².